The molecule has 0 fully saturated rings. The van der Waals surface area contributed by atoms with Gasteiger partial charge in [0.15, 0.2) is 0 Å². The van der Waals surface area contributed by atoms with Crippen LogP contribution in [-0.4, -0.2) is 27.8 Å². The van der Waals surface area contributed by atoms with E-state index < -0.39 is 6.04 Å². The van der Waals surface area contributed by atoms with Gasteiger partial charge in [0.05, 0.1) is 12.6 Å². The lowest BCUT2D eigenvalue weighted by Gasteiger charge is -2.15. The topological polar surface area (TPSA) is 78.0 Å². The van der Waals surface area contributed by atoms with Gasteiger partial charge in [-0.1, -0.05) is 30.3 Å². The number of aliphatic hydroxyl groups excluding tert-OH is 1. The van der Waals surface area contributed by atoms with Crippen molar-refractivity contribution in [3.63, 3.8) is 0 Å². The number of nitrogens with zero attached hydrogens (tertiary/aromatic N) is 1. The largest absolute Gasteiger partial charge is 0.394 e. The molecule has 0 unspecified atom stereocenters. The van der Waals surface area contributed by atoms with Gasteiger partial charge < -0.3 is 10.4 Å². The summed E-state index contributed by atoms with van der Waals surface area (Å²) in [6.45, 7) is -0.149. The van der Waals surface area contributed by atoms with Crippen LogP contribution >= 0.6 is 0 Å². The highest BCUT2D eigenvalue weighted by molar-refractivity contribution is 5.92. The van der Waals surface area contributed by atoms with E-state index in [0.29, 0.717) is 5.69 Å². The summed E-state index contributed by atoms with van der Waals surface area (Å²) in [5.41, 5.74) is 1.24. The van der Waals surface area contributed by atoms with Gasteiger partial charge in [-0.05, 0) is 11.6 Å². The van der Waals surface area contributed by atoms with Crippen LogP contribution in [0, 0.1) is 0 Å². The van der Waals surface area contributed by atoms with Crippen molar-refractivity contribution in [2.75, 3.05) is 6.61 Å². The van der Waals surface area contributed by atoms with E-state index in [0.717, 1.165) is 5.56 Å². The highest BCUT2D eigenvalue weighted by Crippen LogP contribution is 2.12. The third-order valence-corrected chi connectivity index (χ3v) is 2.44. The van der Waals surface area contributed by atoms with Crippen molar-refractivity contribution in [2.45, 2.75) is 6.04 Å². The minimum absolute atomic E-state index is 0.149. The number of aliphatic hydroxyl groups is 1. The molecule has 0 spiro atoms. The van der Waals surface area contributed by atoms with E-state index >= 15 is 0 Å². The van der Waals surface area contributed by atoms with Crippen LogP contribution in [0.1, 0.15) is 22.1 Å². The van der Waals surface area contributed by atoms with E-state index in [1.165, 1.54) is 6.20 Å². The number of aromatic nitrogens is 2. The fourth-order valence-electron chi connectivity index (χ4n) is 1.54. The zero-order chi connectivity index (χ0) is 12.1. The van der Waals surface area contributed by atoms with Gasteiger partial charge in [-0.3, -0.25) is 9.89 Å². The lowest BCUT2D eigenvalue weighted by molar-refractivity contribution is 0.0911. The van der Waals surface area contributed by atoms with Crippen molar-refractivity contribution in [1.82, 2.24) is 15.5 Å². The average Bonchev–Trinajstić information content (AvgIpc) is 2.90. The van der Waals surface area contributed by atoms with Crippen molar-refractivity contribution >= 4 is 5.91 Å². The van der Waals surface area contributed by atoms with Crippen LogP contribution in [-0.2, 0) is 0 Å². The molecule has 0 aliphatic rings. The Balaban J connectivity index is 2.09. The highest BCUT2D eigenvalue weighted by atomic mass is 16.3. The molecule has 1 aromatic carbocycles. The zero-order valence-corrected chi connectivity index (χ0v) is 9.13. The molecule has 1 aromatic heterocycles. The van der Waals surface area contributed by atoms with E-state index in [9.17, 15) is 9.90 Å². The highest BCUT2D eigenvalue weighted by Gasteiger charge is 2.15. The van der Waals surface area contributed by atoms with Gasteiger partial charge in [0.1, 0.15) is 5.69 Å². The number of rotatable bonds is 4. The molecule has 0 aliphatic carbocycles. The minimum atomic E-state index is -0.410. The Morgan fingerprint density at radius 2 is 2.12 bits per heavy atom. The second kappa shape index (κ2) is 5.27. The smallest absolute Gasteiger partial charge is 0.269 e. The van der Waals surface area contributed by atoms with E-state index in [2.05, 4.69) is 15.5 Å². The predicted molar refractivity (Wildman–Crippen MR) is 62.3 cm³/mol. The summed E-state index contributed by atoms with van der Waals surface area (Å²) in [6.07, 6.45) is 1.51. The Hall–Kier alpha value is -2.14. The number of hydrogen-bond acceptors (Lipinski definition) is 3. The summed E-state index contributed by atoms with van der Waals surface area (Å²) in [7, 11) is 0. The molecule has 1 amide bonds. The van der Waals surface area contributed by atoms with Gasteiger partial charge in [-0.15, -0.1) is 0 Å². The van der Waals surface area contributed by atoms with E-state index in [1.807, 2.05) is 30.3 Å². The summed E-state index contributed by atoms with van der Waals surface area (Å²) in [6, 6.07) is 10.5. The number of carbonyl (C=O) groups excluding carboxylic acids is 1. The first-order valence-electron chi connectivity index (χ1n) is 5.27. The number of benzene rings is 1. The average molecular weight is 231 g/mol. The third kappa shape index (κ3) is 2.70. The maximum absolute atomic E-state index is 11.8. The molecule has 0 saturated carbocycles. The molecule has 2 aromatic rings. The third-order valence-electron chi connectivity index (χ3n) is 2.44. The second-order valence-electron chi connectivity index (χ2n) is 3.59. The maximum atomic E-state index is 11.8. The Bertz CT molecular complexity index is 468. The summed E-state index contributed by atoms with van der Waals surface area (Å²) >= 11 is 0. The molecule has 0 radical (unpaired) electrons. The van der Waals surface area contributed by atoms with Crippen LogP contribution in [0.3, 0.4) is 0 Å². The number of H-pyrrole nitrogens is 1. The number of aromatic amines is 1. The molecule has 3 N–H and O–H groups in total. The molecule has 17 heavy (non-hydrogen) atoms. The van der Waals surface area contributed by atoms with Crippen molar-refractivity contribution in [1.29, 1.82) is 0 Å². The Labute approximate surface area is 98.5 Å². The zero-order valence-electron chi connectivity index (χ0n) is 9.13. The van der Waals surface area contributed by atoms with Crippen LogP contribution in [0.5, 0.6) is 0 Å². The number of carbonyl (C=O) groups is 1. The van der Waals surface area contributed by atoms with Gasteiger partial charge >= 0.3 is 0 Å². The van der Waals surface area contributed by atoms with E-state index in [-0.39, 0.29) is 12.5 Å². The van der Waals surface area contributed by atoms with E-state index in [1.54, 1.807) is 6.07 Å². The first kappa shape index (κ1) is 11.3. The summed E-state index contributed by atoms with van der Waals surface area (Å²) < 4.78 is 0. The fraction of sp³-hybridized carbons (Fsp3) is 0.167. The normalized spacial score (nSPS) is 12.1. The number of hydrogen-bond donors (Lipinski definition) is 3. The number of nitrogens with one attached hydrogen (secondary N) is 2. The Kier molecular flexibility index (Phi) is 3.52. The lowest BCUT2D eigenvalue weighted by Crippen LogP contribution is -2.31. The van der Waals surface area contributed by atoms with Crippen LogP contribution in [0.4, 0.5) is 0 Å². The monoisotopic (exact) mass is 231 g/mol. The minimum Gasteiger partial charge on any atom is -0.394 e. The van der Waals surface area contributed by atoms with Gasteiger partial charge in [0, 0.05) is 6.20 Å². The second-order valence-corrected chi connectivity index (χ2v) is 3.59. The van der Waals surface area contributed by atoms with Crippen LogP contribution in [0.2, 0.25) is 0 Å². The molecule has 1 atom stereocenters. The summed E-state index contributed by atoms with van der Waals surface area (Å²) in [5.74, 6) is -0.287. The molecule has 88 valence electrons. The SMILES string of the molecule is O=C(N[C@@H](CO)c1ccccc1)c1ccn[nH]1. The molecular weight excluding hydrogens is 218 g/mol. The van der Waals surface area contributed by atoms with Crippen LogP contribution in [0.15, 0.2) is 42.6 Å². The fourth-order valence-corrected chi connectivity index (χ4v) is 1.54. The van der Waals surface area contributed by atoms with Crippen molar-refractivity contribution in [3.05, 3.63) is 53.9 Å². The lowest BCUT2D eigenvalue weighted by atomic mass is 10.1. The van der Waals surface area contributed by atoms with Gasteiger partial charge in [-0.2, -0.15) is 5.10 Å². The molecule has 5 nitrogen and oxygen atoms in total. The van der Waals surface area contributed by atoms with Gasteiger partial charge in [-0.25, -0.2) is 0 Å². The molecule has 0 aliphatic heterocycles. The quantitative estimate of drug-likeness (QED) is 0.730. The molecule has 0 saturated heterocycles. The Morgan fingerprint density at radius 3 is 2.71 bits per heavy atom. The first-order chi connectivity index (χ1) is 8.31. The van der Waals surface area contributed by atoms with Crippen molar-refractivity contribution in [2.24, 2.45) is 0 Å². The maximum Gasteiger partial charge on any atom is 0.269 e. The molecule has 1 heterocycles. The molecule has 5 heteroatoms. The number of amides is 1. The summed E-state index contributed by atoms with van der Waals surface area (Å²) in [4.78, 5) is 11.8. The van der Waals surface area contributed by atoms with Crippen LogP contribution in [0.25, 0.3) is 0 Å². The van der Waals surface area contributed by atoms with E-state index in [4.69, 9.17) is 0 Å². The van der Waals surface area contributed by atoms with Crippen molar-refractivity contribution < 1.29 is 9.90 Å². The Morgan fingerprint density at radius 1 is 1.35 bits per heavy atom. The molecular formula is C12H13N3O2. The first-order valence-corrected chi connectivity index (χ1v) is 5.27. The molecule has 0 bridgehead atoms. The standard InChI is InChI=1S/C12H13N3O2/c16-8-11(9-4-2-1-3-5-9)14-12(17)10-6-7-13-15-10/h1-7,11,16H,8H2,(H,13,15)(H,14,17)/t11-/m0/s1. The van der Waals surface area contributed by atoms with Gasteiger partial charge in [0.25, 0.3) is 5.91 Å². The van der Waals surface area contributed by atoms with Gasteiger partial charge in [0.2, 0.25) is 0 Å². The van der Waals surface area contributed by atoms with Crippen LogP contribution < -0.4 is 5.32 Å². The predicted octanol–water partition coefficient (Wildman–Crippen LogP) is 0.873. The van der Waals surface area contributed by atoms with Crippen molar-refractivity contribution in [3.8, 4) is 0 Å². The molecule has 2 rings (SSSR count). The summed E-state index contributed by atoms with van der Waals surface area (Å²) in [5, 5.41) is 18.3.